The maximum Gasteiger partial charge on any atom is 1.00 e. The van der Waals surface area contributed by atoms with Crippen molar-refractivity contribution < 1.29 is 53.8 Å². The van der Waals surface area contributed by atoms with Crippen LogP contribution in [0.15, 0.2) is 12.2 Å². The molecule has 30 heavy (non-hydrogen) atoms. The number of ether oxygens (including phenoxy) is 1. The van der Waals surface area contributed by atoms with E-state index in [4.69, 9.17) is 4.74 Å². The first-order chi connectivity index (χ1) is 14.0. The summed E-state index contributed by atoms with van der Waals surface area (Å²) in [7, 11) is 0. The van der Waals surface area contributed by atoms with Gasteiger partial charge in [0.2, 0.25) is 0 Å². The van der Waals surface area contributed by atoms with Crippen molar-refractivity contribution in [3.63, 3.8) is 0 Å². The largest absolute Gasteiger partial charge is 1.00 e. The minimum atomic E-state index is -1.30. The summed E-state index contributed by atoms with van der Waals surface area (Å²) >= 11 is 0. The molecular formula is C24H41NaO5. The molecule has 1 unspecified atom stereocenters. The Hall–Kier alpha value is -0.650. The average Bonchev–Trinajstić information content (AvgIpc) is 2.69. The molecule has 0 aromatic rings. The number of allylic oxidation sites excluding steroid dienone is 2. The van der Waals surface area contributed by atoms with Gasteiger partial charge in [0.25, 0.3) is 0 Å². The number of carbonyl (C=O) groups is 3. The van der Waals surface area contributed by atoms with Crippen molar-refractivity contribution in [2.75, 3.05) is 0 Å². The first-order valence-electron chi connectivity index (χ1n) is 11.5. The molecule has 0 amide bonds. The molecule has 168 valence electrons. The molecule has 0 saturated heterocycles. The third-order valence-corrected chi connectivity index (χ3v) is 4.98. The Morgan fingerprint density at radius 2 is 1.27 bits per heavy atom. The van der Waals surface area contributed by atoms with Crippen molar-refractivity contribution in [1.29, 1.82) is 0 Å². The van der Waals surface area contributed by atoms with Gasteiger partial charge >= 0.3 is 35.5 Å². The summed E-state index contributed by atoms with van der Waals surface area (Å²) in [5.74, 6) is -2.07. The van der Waals surface area contributed by atoms with Gasteiger partial charge < -0.3 is 14.6 Å². The number of hydrogen-bond acceptors (Lipinski definition) is 5. The molecule has 0 heterocycles. The Bertz CT molecular complexity index is 476. The van der Waals surface area contributed by atoms with E-state index in [1.807, 2.05) is 0 Å². The van der Waals surface area contributed by atoms with Gasteiger partial charge in [-0.15, -0.1) is 0 Å². The summed E-state index contributed by atoms with van der Waals surface area (Å²) in [6.07, 6.45) is 19.2. The third-order valence-electron chi connectivity index (χ3n) is 4.98. The zero-order valence-electron chi connectivity index (χ0n) is 19.6. The predicted octanol–water partition coefficient (Wildman–Crippen LogP) is 2.06. The number of ketones is 1. The Labute approximate surface area is 205 Å². The number of carboxylic acid groups (broad SMARTS) is 1. The number of aliphatic carboxylic acids is 1. The van der Waals surface area contributed by atoms with E-state index in [0.29, 0.717) is 6.42 Å². The van der Waals surface area contributed by atoms with Crippen LogP contribution in [0.3, 0.4) is 0 Å². The average molecular weight is 433 g/mol. The minimum Gasteiger partial charge on any atom is -0.550 e. The van der Waals surface area contributed by atoms with Gasteiger partial charge in [0.15, 0.2) is 11.9 Å². The van der Waals surface area contributed by atoms with Crippen LogP contribution in [0, 0.1) is 0 Å². The molecule has 5 nitrogen and oxygen atoms in total. The van der Waals surface area contributed by atoms with Crippen LogP contribution in [0.2, 0.25) is 0 Å². The maximum absolute atomic E-state index is 11.9. The number of unbranched alkanes of at least 4 members (excludes halogenated alkanes) is 11. The molecule has 0 aliphatic carbocycles. The normalized spacial score (nSPS) is 11.8. The van der Waals surface area contributed by atoms with Crippen LogP contribution in [0.1, 0.15) is 117 Å². The first-order valence-corrected chi connectivity index (χ1v) is 11.5. The van der Waals surface area contributed by atoms with Gasteiger partial charge in [-0.25, -0.2) is 0 Å². The van der Waals surface area contributed by atoms with Crippen LogP contribution in [-0.2, 0) is 19.1 Å². The molecule has 0 saturated carbocycles. The van der Waals surface area contributed by atoms with Crippen molar-refractivity contribution in [3.8, 4) is 0 Å². The monoisotopic (exact) mass is 432 g/mol. The fourth-order valence-electron chi connectivity index (χ4n) is 3.10. The van der Waals surface area contributed by atoms with Gasteiger partial charge in [-0.1, -0.05) is 70.4 Å². The molecule has 6 heteroatoms. The van der Waals surface area contributed by atoms with Crippen molar-refractivity contribution in [3.05, 3.63) is 12.2 Å². The fraction of sp³-hybridized carbons (Fsp3) is 0.792. The van der Waals surface area contributed by atoms with Gasteiger partial charge in [0.05, 0.1) is 6.42 Å². The van der Waals surface area contributed by atoms with Gasteiger partial charge in [-0.2, -0.15) is 0 Å². The van der Waals surface area contributed by atoms with Gasteiger partial charge in [-0.05, 0) is 45.4 Å². The second-order valence-corrected chi connectivity index (χ2v) is 7.80. The molecule has 0 radical (unpaired) electrons. The van der Waals surface area contributed by atoms with Crippen LogP contribution >= 0.6 is 0 Å². The topological polar surface area (TPSA) is 83.5 Å². The SMILES string of the molecule is CCCCCCCCC=CCCCCCCCC(=O)C(C)OC(=O)CCC(=O)[O-].[Na+]. The number of carboxylic acids is 1. The van der Waals surface area contributed by atoms with Crippen molar-refractivity contribution in [1.82, 2.24) is 0 Å². The van der Waals surface area contributed by atoms with Crippen LogP contribution < -0.4 is 34.7 Å². The number of hydrogen-bond donors (Lipinski definition) is 0. The summed E-state index contributed by atoms with van der Waals surface area (Å²) in [5.41, 5.74) is 0. The van der Waals surface area contributed by atoms with Crippen LogP contribution in [0.4, 0.5) is 0 Å². The molecular weight excluding hydrogens is 391 g/mol. The van der Waals surface area contributed by atoms with Crippen LogP contribution in [0.5, 0.6) is 0 Å². The van der Waals surface area contributed by atoms with E-state index in [9.17, 15) is 19.5 Å². The van der Waals surface area contributed by atoms with E-state index < -0.39 is 18.0 Å². The summed E-state index contributed by atoms with van der Waals surface area (Å²) in [4.78, 5) is 33.6. The van der Waals surface area contributed by atoms with E-state index in [2.05, 4.69) is 19.1 Å². The van der Waals surface area contributed by atoms with Crippen LogP contribution in [0.25, 0.3) is 0 Å². The second-order valence-electron chi connectivity index (χ2n) is 7.80. The molecule has 0 aromatic carbocycles. The van der Waals surface area contributed by atoms with Crippen molar-refractivity contribution in [2.24, 2.45) is 0 Å². The number of rotatable bonds is 20. The maximum atomic E-state index is 11.9. The quantitative estimate of drug-likeness (QED) is 0.127. The first kappa shape index (κ1) is 31.5. The summed E-state index contributed by atoms with van der Waals surface area (Å²) in [6.45, 7) is 3.78. The molecule has 0 aliphatic heterocycles. The molecule has 1 atom stereocenters. The van der Waals surface area contributed by atoms with Crippen molar-refractivity contribution in [2.45, 2.75) is 123 Å². The number of Topliss-reactive ketones (excluding diaryl/α,β-unsaturated/α-hetero) is 1. The van der Waals surface area contributed by atoms with E-state index in [1.54, 1.807) is 0 Å². The standard InChI is InChI=1S/C24H42O5.Na/c1-3-4-5-6-7-8-9-10-11-12-13-14-15-16-17-18-22(25)21(2)29-24(28)20-19-23(26)27;/h10-11,21H,3-9,12-20H2,1-2H3,(H,26,27);/q;+1/p-1. The molecule has 0 N–H and O–H groups in total. The zero-order valence-corrected chi connectivity index (χ0v) is 21.6. The fourth-order valence-corrected chi connectivity index (χ4v) is 3.10. The minimum absolute atomic E-state index is 0. The zero-order chi connectivity index (χ0) is 21.7. The number of carbonyl (C=O) groups excluding carboxylic acids is 3. The Balaban J connectivity index is 0. The molecule has 0 aromatic heterocycles. The van der Waals surface area contributed by atoms with E-state index in [-0.39, 0.29) is 48.2 Å². The summed E-state index contributed by atoms with van der Waals surface area (Å²) in [6, 6.07) is 0. The van der Waals surface area contributed by atoms with Gasteiger partial charge in [-0.3, -0.25) is 9.59 Å². The Morgan fingerprint density at radius 1 is 0.767 bits per heavy atom. The summed E-state index contributed by atoms with van der Waals surface area (Å²) in [5, 5.41) is 10.3. The number of esters is 1. The van der Waals surface area contributed by atoms with E-state index in [0.717, 1.165) is 25.7 Å². The second kappa shape index (κ2) is 23.0. The Kier molecular flexibility index (Phi) is 24.2. The van der Waals surface area contributed by atoms with Gasteiger partial charge in [0.1, 0.15) is 0 Å². The Morgan fingerprint density at radius 3 is 1.80 bits per heavy atom. The molecule has 0 bridgehead atoms. The smallest absolute Gasteiger partial charge is 0.550 e. The predicted molar refractivity (Wildman–Crippen MR) is 114 cm³/mol. The van der Waals surface area contributed by atoms with E-state index in [1.165, 1.54) is 64.7 Å². The van der Waals surface area contributed by atoms with Crippen molar-refractivity contribution >= 4 is 17.7 Å². The molecule has 0 rings (SSSR count). The van der Waals surface area contributed by atoms with Gasteiger partial charge in [0, 0.05) is 12.4 Å². The van der Waals surface area contributed by atoms with E-state index >= 15 is 0 Å². The summed E-state index contributed by atoms with van der Waals surface area (Å²) < 4.78 is 4.95. The molecule has 0 spiro atoms. The third kappa shape index (κ3) is 22.0. The van der Waals surface area contributed by atoms with Crippen LogP contribution in [-0.4, -0.2) is 23.8 Å². The molecule has 0 aliphatic rings. The molecule has 0 fully saturated rings.